The van der Waals surface area contributed by atoms with Crippen LogP contribution in [-0.2, 0) is 26.7 Å². The normalized spacial score (nSPS) is 19.2. The van der Waals surface area contributed by atoms with Crippen molar-refractivity contribution in [2.24, 2.45) is 0 Å². The molecule has 0 unspecified atom stereocenters. The van der Waals surface area contributed by atoms with Crippen LogP contribution in [0.2, 0.25) is 0 Å². The maximum Gasteiger partial charge on any atom is 0.245 e. The van der Waals surface area contributed by atoms with Crippen molar-refractivity contribution in [1.82, 2.24) is 4.31 Å². The molecule has 4 nitrogen and oxygen atoms in total. The zero-order valence-electron chi connectivity index (χ0n) is 9.27. The molecule has 0 radical (unpaired) electrons. The Morgan fingerprint density at radius 2 is 2.06 bits per heavy atom. The van der Waals surface area contributed by atoms with Crippen LogP contribution in [0.1, 0.15) is 4.88 Å². The first-order valence-corrected chi connectivity index (χ1v) is 10.2. The molecule has 1 aromatic heterocycles. The molecule has 2 rings (SSSR count). The van der Waals surface area contributed by atoms with Gasteiger partial charge < -0.3 is 0 Å². The fourth-order valence-corrected chi connectivity index (χ4v) is 7.09. The Morgan fingerprint density at radius 3 is 2.56 bits per heavy atom. The van der Waals surface area contributed by atoms with Crippen LogP contribution in [0.25, 0.3) is 0 Å². The highest BCUT2D eigenvalue weighted by Gasteiger charge is 2.30. The van der Waals surface area contributed by atoms with Gasteiger partial charge in [-0.15, -0.1) is 22.9 Å². The van der Waals surface area contributed by atoms with Gasteiger partial charge in [-0.05, 0) is 22.0 Å². The first-order valence-electron chi connectivity index (χ1n) is 5.14. The number of rotatable bonds is 3. The number of thiophene rings is 1. The fourth-order valence-electron chi connectivity index (χ4n) is 1.64. The highest BCUT2D eigenvalue weighted by molar-refractivity contribution is 9.11. The Morgan fingerprint density at radius 1 is 1.44 bits per heavy atom. The van der Waals surface area contributed by atoms with Crippen LogP contribution >= 0.6 is 38.9 Å². The summed E-state index contributed by atoms with van der Waals surface area (Å²) in [5.74, 6) is 1.11. The molecule has 0 atom stereocenters. The van der Waals surface area contributed by atoms with Gasteiger partial charge >= 0.3 is 0 Å². The van der Waals surface area contributed by atoms with E-state index in [-0.39, 0.29) is 4.90 Å². The molecular weight excluding hydrogens is 382 g/mol. The van der Waals surface area contributed by atoms with E-state index in [1.807, 2.05) is 0 Å². The lowest BCUT2D eigenvalue weighted by atomic mass is 10.5. The summed E-state index contributed by atoms with van der Waals surface area (Å²) in [6, 6.07) is 1.60. The van der Waals surface area contributed by atoms with Crippen LogP contribution in [-0.4, -0.2) is 41.5 Å². The number of nitrogens with zero attached hydrogens (tertiary/aromatic N) is 1. The summed E-state index contributed by atoms with van der Waals surface area (Å²) in [5.41, 5.74) is 0. The molecule has 1 aliphatic rings. The first kappa shape index (κ1) is 14.9. The predicted octanol–water partition coefficient (Wildman–Crippen LogP) is 2.00. The average molecular weight is 393 g/mol. The van der Waals surface area contributed by atoms with E-state index in [0.29, 0.717) is 34.3 Å². The van der Waals surface area contributed by atoms with Crippen LogP contribution in [0.5, 0.6) is 0 Å². The molecule has 0 aliphatic carbocycles. The molecule has 0 amide bonds. The Labute approximate surface area is 126 Å². The fraction of sp³-hybridized carbons (Fsp3) is 0.556. The van der Waals surface area contributed by atoms with Crippen molar-refractivity contribution in [3.63, 3.8) is 0 Å². The van der Waals surface area contributed by atoms with Crippen molar-refractivity contribution in [3.8, 4) is 0 Å². The highest BCUT2D eigenvalue weighted by Crippen LogP contribution is 2.34. The lowest BCUT2D eigenvalue weighted by Gasteiger charge is -2.25. The van der Waals surface area contributed by atoms with Gasteiger partial charge in [0.2, 0.25) is 10.0 Å². The van der Waals surface area contributed by atoms with Gasteiger partial charge in [-0.25, -0.2) is 8.42 Å². The Kier molecular flexibility index (Phi) is 4.88. The molecule has 18 heavy (non-hydrogen) atoms. The second-order valence-electron chi connectivity index (χ2n) is 3.74. The molecule has 2 heterocycles. The van der Waals surface area contributed by atoms with E-state index in [9.17, 15) is 12.6 Å². The van der Waals surface area contributed by atoms with Gasteiger partial charge in [0, 0.05) is 40.3 Å². The SMILES string of the molecule is O=S1CCN(S(=O)(=O)c2cc(CCl)sc2Br)CC1. The third kappa shape index (κ3) is 2.99. The molecule has 102 valence electrons. The van der Waals surface area contributed by atoms with E-state index >= 15 is 0 Å². The standard InChI is InChI=1S/C9H11BrClNO3S3/c10-9-8(5-7(6-11)16-9)18(14,15)12-1-3-17(13)4-2-12/h5H,1-4,6H2. The third-order valence-corrected chi connectivity index (χ3v) is 8.47. The Hall–Kier alpha value is 0.530. The lowest BCUT2D eigenvalue weighted by molar-refractivity contribution is 0.438. The minimum absolute atomic E-state index is 0.260. The second kappa shape index (κ2) is 5.88. The number of halogens is 2. The zero-order chi connectivity index (χ0) is 13.3. The summed E-state index contributed by atoms with van der Waals surface area (Å²) in [4.78, 5) is 1.07. The quantitative estimate of drug-likeness (QED) is 0.739. The maximum atomic E-state index is 12.4. The molecule has 0 spiro atoms. The summed E-state index contributed by atoms with van der Waals surface area (Å²) in [6.45, 7) is 0.626. The summed E-state index contributed by atoms with van der Waals surface area (Å²) in [7, 11) is -4.39. The number of hydrogen-bond donors (Lipinski definition) is 0. The van der Waals surface area contributed by atoms with Crippen molar-refractivity contribution in [3.05, 3.63) is 14.7 Å². The smallest absolute Gasteiger partial charge is 0.245 e. The van der Waals surface area contributed by atoms with Crippen LogP contribution < -0.4 is 0 Å². The summed E-state index contributed by atoms with van der Waals surface area (Å²) in [6.07, 6.45) is 0. The Balaban J connectivity index is 2.30. The number of hydrogen-bond acceptors (Lipinski definition) is 4. The van der Waals surface area contributed by atoms with Crippen molar-refractivity contribution >= 4 is 59.7 Å². The zero-order valence-corrected chi connectivity index (χ0v) is 14.1. The molecule has 0 bridgehead atoms. The number of sulfonamides is 1. The van der Waals surface area contributed by atoms with Gasteiger partial charge in [0.1, 0.15) is 4.90 Å². The highest BCUT2D eigenvalue weighted by atomic mass is 79.9. The van der Waals surface area contributed by atoms with Crippen molar-refractivity contribution in [2.75, 3.05) is 24.6 Å². The van der Waals surface area contributed by atoms with Crippen LogP contribution in [0.4, 0.5) is 0 Å². The average Bonchev–Trinajstić information content (AvgIpc) is 2.72. The summed E-state index contributed by atoms with van der Waals surface area (Å²) in [5, 5.41) is 0. The summed E-state index contributed by atoms with van der Waals surface area (Å²) >= 11 is 10.3. The van der Waals surface area contributed by atoms with Crippen LogP contribution in [0.3, 0.4) is 0 Å². The van der Waals surface area contributed by atoms with E-state index in [1.165, 1.54) is 15.6 Å². The Bertz CT molecular complexity index is 562. The van der Waals surface area contributed by atoms with Crippen molar-refractivity contribution < 1.29 is 12.6 Å². The third-order valence-electron chi connectivity index (χ3n) is 2.59. The number of alkyl halides is 1. The van der Waals surface area contributed by atoms with Gasteiger partial charge in [-0.2, -0.15) is 4.31 Å². The molecule has 1 aromatic rings. The van der Waals surface area contributed by atoms with Crippen LogP contribution in [0.15, 0.2) is 14.7 Å². The van der Waals surface area contributed by atoms with Gasteiger partial charge in [-0.1, -0.05) is 0 Å². The first-order chi connectivity index (χ1) is 8.45. The second-order valence-corrected chi connectivity index (χ2v) is 10.1. The predicted molar refractivity (Wildman–Crippen MR) is 78.2 cm³/mol. The minimum atomic E-state index is -3.50. The van der Waals surface area contributed by atoms with Gasteiger partial charge in [-0.3, -0.25) is 4.21 Å². The van der Waals surface area contributed by atoms with Crippen molar-refractivity contribution in [2.45, 2.75) is 10.8 Å². The van der Waals surface area contributed by atoms with Gasteiger partial charge in [0.25, 0.3) is 0 Å². The topological polar surface area (TPSA) is 54.5 Å². The van der Waals surface area contributed by atoms with Crippen LogP contribution in [0, 0.1) is 0 Å². The molecule has 0 N–H and O–H groups in total. The molecule has 0 saturated carbocycles. The molecule has 1 fully saturated rings. The van der Waals surface area contributed by atoms with E-state index in [4.69, 9.17) is 11.6 Å². The monoisotopic (exact) mass is 391 g/mol. The molecule has 1 aliphatic heterocycles. The van der Waals surface area contributed by atoms with Gasteiger partial charge in [0.15, 0.2) is 0 Å². The van der Waals surface area contributed by atoms with E-state index in [0.717, 1.165) is 4.88 Å². The lowest BCUT2D eigenvalue weighted by Crippen LogP contribution is -2.41. The molecule has 0 aromatic carbocycles. The van der Waals surface area contributed by atoms with Gasteiger partial charge in [0.05, 0.1) is 9.67 Å². The molecule has 1 saturated heterocycles. The minimum Gasteiger partial charge on any atom is -0.259 e. The molecular formula is C9H11BrClNO3S3. The molecule has 9 heteroatoms. The van der Waals surface area contributed by atoms with E-state index in [2.05, 4.69) is 15.9 Å². The van der Waals surface area contributed by atoms with E-state index < -0.39 is 20.8 Å². The summed E-state index contributed by atoms with van der Waals surface area (Å²) < 4.78 is 38.0. The maximum absolute atomic E-state index is 12.4. The van der Waals surface area contributed by atoms with E-state index in [1.54, 1.807) is 6.07 Å². The largest absolute Gasteiger partial charge is 0.259 e. The van der Waals surface area contributed by atoms with Crippen molar-refractivity contribution in [1.29, 1.82) is 0 Å².